The molecule has 0 spiro atoms. The molecule has 0 bridgehead atoms. The quantitative estimate of drug-likeness (QED) is 0.733. The number of carbonyl (C=O) groups excluding carboxylic acids is 2. The highest BCUT2D eigenvalue weighted by Gasteiger charge is 2.30. The zero-order valence-electron chi connectivity index (χ0n) is 19.2. The molecule has 2 fully saturated rings. The van der Waals surface area contributed by atoms with E-state index in [4.69, 9.17) is 4.74 Å². The molecule has 0 aromatic carbocycles. The van der Waals surface area contributed by atoms with E-state index in [0.29, 0.717) is 26.2 Å². The average molecular weight is 440 g/mol. The van der Waals surface area contributed by atoms with E-state index in [1.165, 1.54) is 0 Å². The van der Waals surface area contributed by atoms with Crippen molar-refractivity contribution in [1.82, 2.24) is 19.4 Å². The molecule has 4 heterocycles. The maximum absolute atomic E-state index is 13.3. The van der Waals surface area contributed by atoms with Crippen molar-refractivity contribution in [3.63, 3.8) is 0 Å². The molecule has 2 aliphatic heterocycles. The third-order valence-corrected chi connectivity index (χ3v) is 6.05. The van der Waals surface area contributed by atoms with E-state index in [9.17, 15) is 9.59 Å². The van der Waals surface area contributed by atoms with Gasteiger partial charge in [-0.1, -0.05) is 6.07 Å². The molecular formula is C24H33N5O3. The summed E-state index contributed by atoms with van der Waals surface area (Å²) in [6.07, 6.45) is 5.15. The summed E-state index contributed by atoms with van der Waals surface area (Å²) in [5, 5.41) is 0. The highest BCUT2D eigenvalue weighted by molar-refractivity contribution is 5.93. The number of piperidine rings is 1. The fourth-order valence-corrected chi connectivity index (χ4v) is 4.39. The summed E-state index contributed by atoms with van der Waals surface area (Å²) >= 11 is 0. The second-order valence-corrected chi connectivity index (χ2v) is 9.47. The van der Waals surface area contributed by atoms with Crippen molar-refractivity contribution in [1.29, 1.82) is 0 Å². The Labute approximate surface area is 189 Å². The van der Waals surface area contributed by atoms with E-state index in [1.807, 2.05) is 62.2 Å². The third kappa shape index (κ3) is 5.06. The number of nitrogens with zero attached hydrogens (tertiary/aromatic N) is 5. The first-order valence-corrected chi connectivity index (χ1v) is 11.4. The molecule has 0 saturated carbocycles. The van der Waals surface area contributed by atoms with Crippen LogP contribution in [0.2, 0.25) is 0 Å². The summed E-state index contributed by atoms with van der Waals surface area (Å²) in [5.74, 6) is 1.03. The summed E-state index contributed by atoms with van der Waals surface area (Å²) in [7, 11) is 0. The number of anilines is 1. The molecule has 8 heteroatoms. The molecule has 0 aliphatic carbocycles. The van der Waals surface area contributed by atoms with Crippen molar-refractivity contribution in [2.45, 2.75) is 45.3 Å². The average Bonchev–Trinajstić information content (AvgIpc) is 3.28. The molecular weight excluding hydrogens is 406 g/mol. The van der Waals surface area contributed by atoms with Crippen molar-refractivity contribution in [2.24, 2.45) is 0 Å². The van der Waals surface area contributed by atoms with Gasteiger partial charge in [0.1, 0.15) is 17.1 Å². The molecule has 2 saturated heterocycles. The first-order chi connectivity index (χ1) is 15.3. The predicted molar refractivity (Wildman–Crippen MR) is 123 cm³/mol. The third-order valence-electron chi connectivity index (χ3n) is 6.05. The minimum Gasteiger partial charge on any atom is -0.444 e. The van der Waals surface area contributed by atoms with Crippen molar-refractivity contribution in [3.05, 3.63) is 48.4 Å². The van der Waals surface area contributed by atoms with Crippen LogP contribution < -0.4 is 4.90 Å². The van der Waals surface area contributed by atoms with Gasteiger partial charge in [-0.05, 0) is 57.9 Å². The van der Waals surface area contributed by atoms with Crippen LogP contribution in [0.5, 0.6) is 0 Å². The van der Waals surface area contributed by atoms with Gasteiger partial charge in [-0.3, -0.25) is 4.79 Å². The van der Waals surface area contributed by atoms with Gasteiger partial charge in [0.15, 0.2) is 0 Å². The highest BCUT2D eigenvalue weighted by atomic mass is 16.6. The topological polar surface area (TPSA) is 70.9 Å². The minimum atomic E-state index is -0.492. The van der Waals surface area contributed by atoms with Gasteiger partial charge in [0, 0.05) is 57.7 Å². The number of rotatable bonds is 3. The Kier molecular flexibility index (Phi) is 6.39. The van der Waals surface area contributed by atoms with Gasteiger partial charge in [0.05, 0.1) is 0 Å². The summed E-state index contributed by atoms with van der Waals surface area (Å²) < 4.78 is 7.59. The van der Waals surface area contributed by atoms with Gasteiger partial charge in [0.2, 0.25) is 0 Å². The van der Waals surface area contributed by atoms with Crippen LogP contribution in [0, 0.1) is 0 Å². The molecule has 32 heavy (non-hydrogen) atoms. The fraction of sp³-hybridized carbons (Fsp3) is 0.542. The van der Waals surface area contributed by atoms with Crippen LogP contribution in [0.3, 0.4) is 0 Å². The Balaban J connectivity index is 1.34. The molecule has 0 unspecified atom stereocenters. The number of aromatic nitrogens is 2. The van der Waals surface area contributed by atoms with Crippen LogP contribution in [0.15, 0.2) is 42.7 Å². The molecule has 2 aromatic heterocycles. The van der Waals surface area contributed by atoms with Gasteiger partial charge >= 0.3 is 6.09 Å². The van der Waals surface area contributed by atoms with Gasteiger partial charge in [-0.2, -0.15) is 0 Å². The Hall–Kier alpha value is -3.03. The first kappa shape index (κ1) is 22.2. The van der Waals surface area contributed by atoms with Crippen molar-refractivity contribution in [3.8, 4) is 0 Å². The van der Waals surface area contributed by atoms with Crippen molar-refractivity contribution in [2.75, 3.05) is 44.2 Å². The zero-order chi connectivity index (χ0) is 22.7. The SMILES string of the molecule is CC(C)(C)OC(=O)N1CCC(n2cccc2C(=O)N2CCN(c3ccccn3)CC2)CC1. The number of hydrogen-bond acceptors (Lipinski definition) is 5. The summed E-state index contributed by atoms with van der Waals surface area (Å²) in [5.41, 5.74) is 0.237. The van der Waals surface area contributed by atoms with E-state index in [-0.39, 0.29) is 18.0 Å². The Morgan fingerprint density at radius 3 is 2.28 bits per heavy atom. The van der Waals surface area contributed by atoms with Crippen molar-refractivity contribution >= 4 is 17.8 Å². The van der Waals surface area contributed by atoms with Crippen LogP contribution in [-0.2, 0) is 4.74 Å². The van der Waals surface area contributed by atoms with Gasteiger partial charge in [0.25, 0.3) is 5.91 Å². The van der Waals surface area contributed by atoms with Crippen LogP contribution in [0.4, 0.5) is 10.6 Å². The van der Waals surface area contributed by atoms with Gasteiger partial charge < -0.3 is 24.0 Å². The summed E-state index contributed by atoms with van der Waals surface area (Å²) in [6.45, 7) is 9.82. The lowest BCUT2D eigenvalue weighted by Gasteiger charge is -2.37. The summed E-state index contributed by atoms with van der Waals surface area (Å²) in [6, 6.07) is 9.96. The van der Waals surface area contributed by atoms with Crippen LogP contribution in [-0.4, -0.2) is 76.2 Å². The van der Waals surface area contributed by atoms with Gasteiger partial charge in [-0.25, -0.2) is 9.78 Å². The second-order valence-electron chi connectivity index (χ2n) is 9.47. The number of pyridine rings is 1. The monoisotopic (exact) mass is 439 g/mol. The van der Waals surface area contributed by atoms with E-state index >= 15 is 0 Å². The second kappa shape index (κ2) is 9.22. The normalized spacial score (nSPS) is 18.0. The Morgan fingerprint density at radius 1 is 0.938 bits per heavy atom. The number of piperazine rings is 1. The predicted octanol–water partition coefficient (Wildman–Crippen LogP) is 3.42. The van der Waals surface area contributed by atoms with Crippen LogP contribution in [0.1, 0.15) is 50.1 Å². The Bertz CT molecular complexity index is 921. The smallest absolute Gasteiger partial charge is 0.410 e. The number of carbonyl (C=O) groups is 2. The number of ether oxygens (including phenoxy) is 1. The highest BCUT2D eigenvalue weighted by Crippen LogP contribution is 2.26. The number of amides is 2. The summed E-state index contributed by atoms with van der Waals surface area (Å²) in [4.78, 5) is 36.0. The number of hydrogen-bond donors (Lipinski definition) is 0. The molecule has 0 radical (unpaired) electrons. The van der Waals surface area contributed by atoms with E-state index in [0.717, 1.165) is 37.4 Å². The standard InChI is InChI=1S/C24H33N5O3/c1-24(2,3)32-23(31)28-13-9-19(10-14-28)29-12-6-7-20(29)22(30)27-17-15-26(16-18-27)21-8-4-5-11-25-21/h4-8,11-12,19H,9-10,13-18H2,1-3H3. The minimum absolute atomic E-state index is 0.0743. The van der Waals surface area contributed by atoms with Gasteiger partial charge in [-0.15, -0.1) is 0 Å². The zero-order valence-corrected chi connectivity index (χ0v) is 19.2. The molecule has 4 rings (SSSR count). The largest absolute Gasteiger partial charge is 0.444 e. The van der Waals surface area contributed by atoms with Crippen LogP contribution >= 0.6 is 0 Å². The fourth-order valence-electron chi connectivity index (χ4n) is 4.39. The number of likely N-dealkylation sites (tertiary alicyclic amines) is 1. The van der Waals surface area contributed by atoms with E-state index in [2.05, 4.69) is 14.5 Å². The maximum atomic E-state index is 13.3. The lowest BCUT2D eigenvalue weighted by atomic mass is 10.0. The Morgan fingerprint density at radius 2 is 1.66 bits per heavy atom. The lowest BCUT2D eigenvalue weighted by molar-refractivity contribution is 0.0186. The molecule has 2 amide bonds. The van der Waals surface area contributed by atoms with E-state index in [1.54, 1.807) is 11.1 Å². The van der Waals surface area contributed by atoms with E-state index < -0.39 is 5.60 Å². The maximum Gasteiger partial charge on any atom is 0.410 e. The molecule has 0 N–H and O–H groups in total. The van der Waals surface area contributed by atoms with Crippen molar-refractivity contribution < 1.29 is 14.3 Å². The molecule has 0 atom stereocenters. The molecule has 2 aromatic rings. The first-order valence-electron chi connectivity index (χ1n) is 11.4. The lowest BCUT2D eigenvalue weighted by Crippen LogP contribution is -2.49. The van der Waals surface area contributed by atoms with Crippen LogP contribution in [0.25, 0.3) is 0 Å². The molecule has 8 nitrogen and oxygen atoms in total. The molecule has 2 aliphatic rings. The molecule has 172 valence electrons.